The van der Waals surface area contributed by atoms with Crippen LogP contribution in [0.15, 0.2) is 40.7 Å². The number of carbonyl (C=O) groups excluding carboxylic acids is 3. The first kappa shape index (κ1) is 20.2. The maximum atomic E-state index is 12.5. The molecule has 28 heavy (non-hydrogen) atoms. The maximum absolute atomic E-state index is 12.5. The molecular weight excluding hydrogens is 404 g/mol. The molecular formula is C18H18N2O6S2. The van der Waals surface area contributed by atoms with Gasteiger partial charge in [-0.15, -0.1) is 0 Å². The molecule has 148 valence electrons. The highest BCUT2D eigenvalue weighted by Gasteiger charge is 2.35. The SMILES string of the molecule is COc1cccc(/C=C2\SC(=O)N(CCC(=O)N[C@H]3C=CS(=O)(=O)C3)C2=O)c1. The van der Waals surface area contributed by atoms with Crippen LogP contribution in [0.5, 0.6) is 5.75 Å². The van der Waals surface area contributed by atoms with Crippen molar-refractivity contribution in [3.05, 3.63) is 46.2 Å². The summed E-state index contributed by atoms with van der Waals surface area (Å²) < 4.78 is 27.8. The van der Waals surface area contributed by atoms with Gasteiger partial charge < -0.3 is 10.1 Å². The zero-order chi connectivity index (χ0) is 20.3. The highest BCUT2D eigenvalue weighted by Crippen LogP contribution is 2.32. The summed E-state index contributed by atoms with van der Waals surface area (Å²) in [5.41, 5.74) is 0.719. The average molecular weight is 422 g/mol. The minimum Gasteiger partial charge on any atom is -0.497 e. The van der Waals surface area contributed by atoms with E-state index in [4.69, 9.17) is 4.74 Å². The second-order valence-corrected chi connectivity index (χ2v) is 9.12. The zero-order valence-corrected chi connectivity index (χ0v) is 16.6. The molecule has 3 amide bonds. The second-order valence-electron chi connectivity index (χ2n) is 6.19. The summed E-state index contributed by atoms with van der Waals surface area (Å²) in [5.74, 6) is -0.437. The van der Waals surface area contributed by atoms with Crippen molar-refractivity contribution in [1.29, 1.82) is 0 Å². The Balaban J connectivity index is 1.58. The van der Waals surface area contributed by atoms with Crippen molar-refractivity contribution in [2.75, 3.05) is 19.4 Å². The van der Waals surface area contributed by atoms with Crippen molar-refractivity contribution in [2.45, 2.75) is 12.5 Å². The lowest BCUT2D eigenvalue weighted by molar-refractivity contribution is -0.124. The zero-order valence-electron chi connectivity index (χ0n) is 15.0. The molecule has 1 atom stereocenters. The molecule has 0 spiro atoms. The van der Waals surface area contributed by atoms with E-state index in [0.29, 0.717) is 5.75 Å². The fraction of sp³-hybridized carbons (Fsp3) is 0.278. The van der Waals surface area contributed by atoms with Crippen LogP contribution in [-0.2, 0) is 19.4 Å². The molecule has 3 rings (SSSR count). The predicted octanol–water partition coefficient (Wildman–Crippen LogP) is 1.55. The van der Waals surface area contributed by atoms with Gasteiger partial charge in [0.05, 0.1) is 23.8 Å². The van der Waals surface area contributed by atoms with E-state index in [1.54, 1.807) is 30.3 Å². The second kappa shape index (κ2) is 8.19. The van der Waals surface area contributed by atoms with Crippen molar-refractivity contribution in [1.82, 2.24) is 10.2 Å². The predicted molar refractivity (Wildman–Crippen MR) is 105 cm³/mol. The molecule has 0 saturated carbocycles. The van der Waals surface area contributed by atoms with Crippen LogP contribution >= 0.6 is 11.8 Å². The summed E-state index contributed by atoms with van der Waals surface area (Å²) in [5, 5.41) is 3.18. The number of nitrogens with one attached hydrogen (secondary N) is 1. The van der Waals surface area contributed by atoms with E-state index in [2.05, 4.69) is 5.32 Å². The molecule has 1 saturated heterocycles. The molecule has 2 heterocycles. The highest BCUT2D eigenvalue weighted by atomic mass is 32.2. The summed E-state index contributed by atoms with van der Waals surface area (Å²) in [7, 11) is -1.73. The van der Waals surface area contributed by atoms with Gasteiger partial charge in [-0.3, -0.25) is 19.3 Å². The van der Waals surface area contributed by atoms with Crippen LogP contribution in [-0.4, -0.2) is 55.8 Å². The average Bonchev–Trinajstić information content (AvgIpc) is 3.11. The Morgan fingerprint density at radius 1 is 1.39 bits per heavy atom. The van der Waals surface area contributed by atoms with Crippen LogP contribution in [0.1, 0.15) is 12.0 Å². The number of imide groups is 1. The summed E-state index contributed by atoms with van der Waals surface area (Å²) in [6.07, 6.45) is 2.90. The molecule has 0 unspecified atom stereocenters. The molecule has 0 radical (unpaired) electrons. The van der Waals surface area contributed by atoms with E-state index >= 15 is 0 Å². The molecule has 1 aromatic rings. The third kappa shape index (κ3) is 4.82. The van der Waals surface area contributed by atoms with Crippen LogP contribution in [0.2, 0.25) is 0 Å². The fourth-order valence-corrected chi connectivity index (χ4v) is 4.83. The highest BCUT2D eigenvalue weighted by molar-refractivity contribution is 8.18. The first-order chi connectivity index (χ1) is 13.3. The number of rotatable bonds is 6. The summed E-state index contributed by atoms with van der Waals surface area (Å²) in [6.45, 7) is -0.0743. The Hall–Kier alpha value is -2.59. The van der Waals surface area contributed by atoms with E-state index < -0.39 is 32.9 Å². The fourth-order valence-electron chi connectivity index (χ4n) is 2.73. The van der Waals surface area contributed by atoms with Gasteiger partial charge in [0.1, 0.15) is 5.75 Å². The lowest BCUT2D eigenvalue weighted by Gasteiger charge is -2.14. The van der Waals surface area contributed by atoms with E-state index in [-0.39, 0.29) is 23.6 Å². The number of sulfone groups is 1. The monoisotopic (exact) mass is 422 g/mol. The van der Waals surface area contributed by atoms with Gasteiger partial charge in [0, 0.05) is 18.4 Å². The summed E-state index contributed by atoms with van der Waals surface area (Å²) in [4.78, 5) is 37.9. The van der Waals surface area contributed by atoms with Crippen LogP contribution in [0.4, 0.5) is 4.79 Å². The Labute approximate surface area is 166 Å². The van der Waals surface area contributed by atoms with Crippen LogP contribution < -0.4 is 10.1 Å². The molecule has 1 N–H and O–H groups in total. The van der Waals surface area contributed by atoms with Crippen molar-refractivity contribution in [3.63, 3.8) is 0 Å². The van der Waals surface area contributed by atoms with Crippen LogP contribution in [0.25, 0.3) is 6.08 Å². The quantitative estimate of drug-likeness (QED) is 0.693. The van der Waals surface area contributed by atoms with Gasteiger partial charge in [0.25, 0.3) is 11.1 Å². The largest absolute Gasteiger partial charge is 0.497 e. The molecule has 8 nitrogen and oxygen atoms in total. The minimum absolute atomic E-state index is 0.0743. The molecule has 2 aliphatic heterocycles. The standard InChI is InChI=1S/C18H18N2O6S2/c1-26-14-4-2-3-12(9-14)10-15-17(22)20(18(23)27-15)7-5-16(21)19-13-6-8-28(24,25)11-13/h2-4,6,8-10,13H,5,7,11H2,1H3,(H,19,21)/b15-10-/t13-/m0/s1. The Morgan fingerprint density at radius 3 is 2.86 bits per heavy atom. The Bertz CT molecular complexity index is 984. The third-order valence-corrected chi connectivity index (χ3v) is 6.41. The van der Waals surface area contributed by atoms with E-state index in [0.717, 1.165) is 27.6 Å². The van der Waals surface area contributed by atoms with Crippen LogP contribution in [0, 0.1) is 0 Å². The molecule has 1 fully saturated rings. The van der Waals surface area contributed by atoms with E-state index in [9.17, 15) is 22.8 Å². The molecule has 10 heteroatoms. The van der Waals surface area contributed by atoms with Gasteiger partial charge in [-0.25, -0.2) is 8.42 Å². The van der Waals surface area contributed by atoms with Crippen molar-refractivity contribution < 1.29 is 27.5 Å². The smallest absolute Gasteiger partial charge is 0.293 e. The number of nitrogens with zero attached hydrogens (tertiary/aromatic N) is 1. The lowest BCUT2D eigenvalue weighted by atomic mass is 10.2. The molecule has 2 aliphatic rings. The van der Waals surface area contributed by atoms with Gasteiger partial charge in [0.2, 0.25) is 5.91 Å². The number of carbonyl (C=O) groups is 3. The first-order valence-corrected chi connectivity index (χ1v) is 10.9. The third-order valence-electron chi connectivity index (χ3n) is 4.10. The van der Waals surface area contributed by atoms with Crippen LogP contribution in [0.3, 0.4) is 0 Å². The maximum Gasteiger partial charge on any atom is 0.293 e. The van der Waals surface area contributed by atoms with Gasteiger partial charge in [0.15, 0.2) is 9.84 Å². The molecule has 0 bridgehead atoms. The Kier molecular flexibility index (Phi) is 5.90. The number of hydrogen-bond donors (Lipinski definition) is 1. The van der Waals surface area contributed by atoms with Gasteiger partial charge in [-0.05, 0) is 41.6 Å². The lowest BCUT2D eigenvalue weighted by Crippen LogP contribution is -2.38. The van der Waals surface area contributed by atoms with E-state index in [1.807, 2.05) is 0 Å². The Morgan fingerprint density at radius 2 is 2.18 bits per heavy atom. The van der Waals surface area contributed by atoms with E-state index in [1.165, 1.54) is 13.2 Å². The summed E-state index contributed by atoms with van der Waals surface area (Å²) >= 11 is 0.810. The number of hydrogen-bond acceptors (Lipinski definition) is 7. The first-order valence-electron chi connectivity index (χ1n) is 8.37. The molecule has 0 aromatic heterocycles. The van der Waals surface area contributed by atoms with Crippen molar-refractivity contribution in [3.8, 4) is 5.75 Å². The van der Waals surface area contributed by atoms with Gasteiger partial charge in [-0.2, -0.15) is 0 Å². The minimum atomic E-state index is -3.27. The van der Waals surface area contributed by atoms with Crippen molar-refractivity contribution in [2.24, 2.45) is 0 Å². The molecule has 0 aliphatic carbocycles. The number of methoxy groups -OCH3 is 1. The van der Waals surface area contributed by atoms with Gasteiger partial charge in [-0.1, -0.05) is 12.1 Å². The number of benzene rings is 1. The normalized spacial score (nSPS) is 22.1. The topological polar surface area (TPSA) is 110 Å². The molecule has 1 aromatic carbocycles. The number of thioether (sulfide) groups is 1. The number of ether oxygens (including phenoxy) is 1. The van der Waals surface area contributed by atoms with Crippen molar-refractivity contribution >= 4 is 44.7 Å². The van der Waals surface area contributed by atoms with Gasteiger partial charge >= 0.3 is 0 Å². The summed E-state index contributed by atoms with van der Waals surface area (Å²) in [6, 6.07) is 6.49. The number of amides is 3.